The van der Waals surface area contributed by atoms with E-state index in [0.29, 0.717) is 0 Å². The second-order valence-electron chi connectivity index (χ2n) is 3.62. The minimum atomic E-state index is -4.02. The largest absolute Gasteiger partial charge is 0.292 e. The third-order valence-electron chi connectivity index (χ3n) is 2.24. The Kier molecular flexibility index (Phi) is 4.02. The number of hydrazine groups is 1. The molecule has 1 aromatic heterocycles. The average molecular weight is 318 g/mol. The summed E-state index contributed by atoms with van der Waals surface area (Å²) in [5, 5.41) is 0.197. The molecule has 1 aromatic carbocycles. The molecule has 106 valence electrons. The minimum absolute atomic E-state index is 0.0536. The summed E-state index contributed by atoms with van der Waals surface area (Å²) in [7, 11) is -4.02. The van der Waals surface area contributed by atoms with Crippen LogP contribution in [-0.2, 0) is 10.0 Å². The molecule has 0 radical (unpaired) electrons. The van der Waals surface area contributed by atoms with Gasteiger partial charge in [0.05, 0.1) is 18.1 Å². The van der Waals surface area contributed by atoms with Gasteiger partial charge in [-0.15, -0.1) is 0 Å². The van der Waals surface area contributed by atoms with Crippen molar-refractivity contribution in [3.8, 4) is 0 Å². The molecule has 2 aromatic rings. The Morgan fingerprint density at radius 3 is 2.50 bits per heavy atom. The van der Waals surface area contributed by atoms with Crippen molar-refractivity contribution >= 4 is 33.3 Å². The predicted octanol–water partition coefficient (Wildman–Crippen LogP) is 1.36. The Morgan fingerprint density at radius 2 is 1.90 bits per heavy atom. The second-order valence-corrected chi connectivity index (χ2v) is 5.74. The molecule has 0 atom stereocenters. The van der Waals surface area contributed by atoms with Gasteiger partial charge >= 0.3 is 0 Å². The van der Waals surface area contributed by atoms with E-state index in [1.807, 2.05) is 0 Å². The summed E-state index contributed by atoms with van der Waals surface area (Å²) >= 11 is 5.68. The molecule has 10 heteroatoms. The fourth-order valence-electron chi connectivity index (χ4n) is 1.31. The smallest absolute Gasteiger partial charge is 0.265 e. The van der Waals surface area contributed by atoms with E-state index in [1.165, 1.54) is 6.07 Å². The van der Waals surface area contributed by atoms with E-state index in [0.717, 1.165) is 24.5 Å². The van der Waals surface area contributed by atoms with Gasteiger partial charge in [0.25, 0.3) is 10.0 Å². The first kappa shape index (κ1) is 14.4. The van der Waals surface area contributed by atoms with Gasteiger partial charge in [0, 0.05) is 5.02 Å². The number of halogens is 2. The van der Waals surface area contributed by atoms with E-state index in [9.17, 15) is 12.8 Å². The van der Waals surface area contributed by atoms with Gasteiger partial charge in [-0.25, -0.2) is 28.6 Å². The molecule has 1 heterocycles. The lowest BCUT2D eigenvalue weighted by atomic mass is 10.3. The van der Waals surface area contributed by atoms with Crippen molar-refractivity contribution in [1.29, 1.82) is 0 Å². The number of anilines is 2. The zero-order chi connectivity index (χ0) is 14.8. The van der Waals surface area contributed by atoms with Gasteiger partial charge in [-0.05, 0) is 18.2 Å². The lowest BCUT2D eigenvalue weighted by Gasteiger charge is -2.09. The molecule has 0 spiro atoms. The van der Waals surface area contributed by atoms with E-state index in [2.05, 4.69) is 20.1 Å². The molecule has 0 aliphatic heterocycles. The molecule has 4 N–H and O–H groups in total. The monoisotopic (exact) mass is 317 g/mol. The maximum absolute atomic E-state index is 13.5. The summed E-state index contributed by atoms with van der Waals surface area (Å²) in [4.78, 5) is 7.08. The van der Waals surface area contributed by atoms with Gasteiger partial charge in [0.2, 0.25) is 5.95 Å². The lowest BCUT2D eigenvalue weighted by molar-refractivity contribution is 0.597. The number of hydrogen-bond acceptors (Lipinski definition) is 6. The standard InChI is InChI=1S/C10H9ClFN5O2S/c11-6-1-2-8(12)9(3-6)17-20(18,19)7-4-14-10(16-13)15-5-7/h1-5,17H,13H2,(H,14,15,16). The molecule has 0 aliphatic carbocycles. The average Bonchev–Trinajstić information content (AvgIpc) is 2.43. The van der Waals surface area contributed by atoms with Crippen molar-refractivity contribution in [3.63, 3.8) is 0 Å². The third-order valence-corrected chi connectivity index (χ3v) is 3.80. The number of aromatic nitrogens is 2. The third kappa shape index (κ3) is 3.13. The summed E-state index contributed by atoms with van der Waals surface area (Å²) in [5.74, 6) is 4.37. The van der Waals surface area contributed by atoms with Gasteiger partial charge in [0.1, 0.15) is 10.7 Å². The molecule has 0 saturated carbocycles. The molecule has 0 fully saturated rings. The molecule has 0 unspecified atom stereocenters. The molecule has 0 amide bonds. The number of rotatable bonds is 4. The van der Waals surface area contributed by atoms with E-state index in [-0.39, 0.29) is 21.6 Å². The number of nitrogens with two attached hydrogens (primary N) is 1. The SMILES string of the molecule is NNc1ncc(S(=O)(=O)Nc2cc(Cl)ccc2F)cn1. The maximum atomic E-state index is 13.5. The zero-order valence-corrected chi connectivity index (χ0v) is 11.4. The van der Waals surface area contributed by atoms with Crippen LogP contribution in [0, 0.1) is 5.82 Å². The van der Waals surface area contributed by atoms with Crippen LogP contribution in [0.2, 0.25) is 5.02 Å². The van der Waals surface area contributed by atoms with Gasteiger partial charge in [0.15, 0.2) is 0 Å². The minimum Gasteiger partial charge on any atom is -0.292 e. The Balaban J connectivity index is 2.32. The van der Waals surface area contributed by atoms with Crippen molar-refractivity contribution in [2.24, 2.45) is 5.84 Å². The first-order valence-corrected chi connectivity index (χ1v) is 7.05. The lowest BCUT2D eigenvalue weighted by Crippen LogP contribution is -2.16. The molecule has 7 nitrogen and oxygen atoms in total. The van der Waals surface area contributed by atoms with Crippen molar-refractivity contribution < 1.29 is 12.8 Å². The molecule has 0 bridgehead atoms. The van der Waals surface area contributed by atoms with Crippen LogP contribution in [0.25, 0.3) is 0 Å². The highest BCUT2D eigenvalue weighted by molar-refractivity contribution is 7.92. The van der Waals surface area contributed by atoms with Crippen LogP contribution in [0.15, 0.2) is 35.5 Å². The Hall–Kier alpha value is -1.97. The van der Waals surface area contributed by atoms with Crippen LogP contribution in [0.5, 0.6) is 0 Å². The van der Waals surface area contributed by atoms with Crippen molar-refractivity contribution in [2.75, 3.05) is 10.1 Å². The Bertz CT molecular complexity index is 723. The zero-order valence-electron chi connectivity index (χ0n) is 9.84. The summed E-state index contributed by atoms with van der Waals surface area (Å²) < 4.78 is 39.6. The number of nitrogens with zero attached hydrogens (tertiary/aromatic N) is 2. The van der Waals surface area contributed by atoms with Crippen LogP contribution in [0.1, 0.15) is 0 Å². The quantitative estimate of drug-likeness (QED) is 0.580. The van der Waals surface area contributed by atoms with E-state index >= 15 is 0 Å². The summed E-state index contributed by atoms with van der Waals surface area (Å²) in [6.07, 6.45) is 2.07. The van der Waals surface area contributed by atoms with Crippen molar-refractivity contribution in [2.45, 2.75) is 4.90 Å². The number of nitrogen functional groups attached to an aromatic ring is 1. The first-order valence-electron chi connectivity index (χ1n) is 5.19. The normalized spacial score (nSPS) is 11.2. The fourth-order valence-corrected chi connectivity index (χ4v) is 2.43. The van der Waals surface area contributed by atoms with Gasteiger partial charge < -0.3 is 0 Å². The molecule has 2 rings (SSSR count). The number of hydrogen-bond donors (Lipinski definition) is 3. The molecule has 0 saturated heterocycles. The van der Waals surface area contributed by atoms with Gasteiger partial charge in [-0.2, -0.15) is 0 Å². The van der Waals surface area contributed by atoms with Gasteiger partial charge in [-0.3, -0.25) is 10.1 Å². The number of nitrogens with one attached hydrogen (secondary N) is 2. The molecular weight excluding hydrogens is 309 g/mol. The van der Waals surface area contributed by atoms with Crippen LogP contribution in [-0.4, -0.2) is 18.4 Å². The fraction of sp³-hybridized carbons (Fsp3) is 0. The number of sulfonamides is 1. The van der Waals surface area contributed by atoms with Crippen LogP contribution < -0.4 is 16.0 Å². The summed E-state index contributed by atoms with van der Waals surface area (Å²) in [6, 6.07) is 3.52. The molecule has 20 heavy (non-hydrogen) atoms. The van der Waals surface area contributed by atoms with E-state index < -0.39 is 15.8 Å². The van der Waals surface area contributed by atoms with Crippen LogP contribution >= 0.6 is 11.6 Å². The Morgan fingerprint density at radius 1 is 1.25 bits per heavy atom. The van der Waals surface area contributed by atoms with Crippen molar-refractivity contribution in [1.82, 2.24) is 9.97 Å². The highest BCUT2D eigenvalue weighted by atomic mass is 35.5. The summed E-state index contributed by atoms with van der Waals surface area (Å²) in [5.41, 5.74) is 1.89. The molecular formula is C10H9ClFN5O2S. The van der Waals surface area contributed by atoms with E-state index in [1.54, 1.807) is 0 Å². The van der Waals surface area contributed by atoms with Crippen LogP contribution in [0.3, 0.4) is 0 Å². The Labute approximate surface area is 119 Å². The van der Waals surface area contributed by atoms with E-state index in [4.69, 9.17) is 17.4 Å². The van der Waals surface area contributed by atoms with Crippen LogP contribution in [0.4, 0.5) is 16.0 Å². The maximum Gasteiger partial charge on any atom is 0.265 e. The highest BCUT2D eigenvalue weighted by Gasteiger charge is 2.17. The topological polar surface area (TPSA) is 110 Å². The van der Waals surface area contributed by atoms with Crippen molar-refractivity contribution in [3.05, 3.63) is 41.4 Å². The predicted molar refractivity (Wildman–Crippen MR) is 72.1 cm³/mol. The first-order chi connectivity index (χ1) is 9.42. The summed E-state index contributed by atoms with van der Waals surface area (Å²) in [6.45, 7) is 0. The van der Waals surface area contributed by atoms with Gasteiger partial charge in [-0.1, -0.05) is 11.6 Å². The number of benzene rings is 1. The molecule has 0 aliphatic rings. The highest BCUT2D eigenvalue weighted by Crippen LogP contribution is 2.22. The second kappa shape index (κ2) is 5.57.